The zero-order valence-corrected chi connectivity index (χ0v) is 16.7. The number of fused-ring (bicyclic) bond motifs is 2. The van der Waals surface area contributed by atoms with Crippen molar-refractivity contribution in [3.8, 4) is 0 Å². The van der Waals surface area contributed by atoms with Crippen LogP contribution in [0.4, 0.5) is 4.39 Å². The maximum atomic E-state index is 14.3. The summed E-state index contributed by atoms with van der Waals surface area (Å²) < 4.78 is 19.5. The molecule has 0 radical (unpaired) electrons. The third-order valence-corrected chi connectivity index (χ3v) is 6.51. The Morgan fingerprint density at radius 1 is 1.43 bits per heavy atom. The summed E-state index contributed by atoms with van der Waals surface area (Å²) in [7, 11) is 0. The van der Waals surface area contributed by atoms with E-state index in [2.05, 4.69) is 5.32 Å². The quantitative estimate of drug-likeness (QED) is 0.672. The lowest BCUT2D eigenvalue weighted by atomic mass is 9.77. The fourth-order valence-corrected chi connectivity index (χ4v) is 4.86. The first-order valence-electron chi connectivity index (χ1n) is 10.1. The predicted octanol–water partition coefficient (Wildman–Crippen LogP) is 1.83. The molecule has 0 aromatic heterocycles. The maximum absolute atomic E-state index is 14.3. The van der Waals surface area contributed by atoms with Crippen molar-refractivity contribution in [2.45, 2.75) is 51.2 Å². The second kappa shape index (κ2) is 6.25. The maximum Gasteiger partial charge on any atom is 0.343 e. The highest BCUT2D eigenvalue weighted by atomic mass is 19.1. The van der Waals surface area contributed by atoms with E-state index in [1.54, 1.807) is 19.1 Å². The van der Waals surface area contributed by atoms with Crippen LogP contribution in [0.3, 0.4) is 0 Å². The van der Waals surface area contributed by atoms with Gasteiger partial charge < -0.3 is 20.1 Å². The molecule has 2 atom stereocenters. The normalized spacial score (nSPS) is 30.1. The molecule has 0 saturated heterocycles. The van der Waals surface area contributed by atoms with Crippen LogP contribution in [-0.4, -0.2) is 45.9 Å². The van der Waals surface area contributed by atoms with E-state index in [4.69, 9.17) is 4.74 Å². The molecule has 0 bridgehead atoms. The lowest BCUT2D eigenvalue weighted by Gasteiger charge is -2.41. The van der Waals surface area contributed by atoms with Gasteiger partial charge in [-0.2, -0.15) is 0 Å². The molecule has 30 heavy (non-hydrogen) atoms. The third-order valence-electron chi connectivity index (χ3n) is 6.51. The molecule has 156 valence electrons. The second-order valence-corrected chi connectivity index (χ2v) is 8.17. The van der Waals surface area contributed by atoms with E-state index >= 15 is 0 Å². The summed E-state index contributed by atoms with van der Waals surface area (Å²) in [6.45, 7) is 3.10. The van der Waals surface area contributed by atoms with Gasteiger partial charge in [0.25, 0.3) is 5.91 Å². The summed E-state index contributed by atoms with van der Waals surface area (Å²) >= 11 is 0. The summed E-state index contributed by atoms with van der Waals surface area (Å²) in [6.07, 6.45) is 3.36. The lowest BCUT2D eigenvalue weighted by Crippen LogP contribution is -2.55. The van der Waals surface area contributed by atoms with Gasteiger partial charge in [0, 0.05) is 23.4 Å². The van der Waals surface area contributed by atoms with Crippen molar-refractivity contribution in [1.29, 1.82) is 0 Å². The zero-order valence-electron chi connectivity index (χ0n) is 16.7. The molecule has 2 N–H and O–H groups in total. The van der Waals surface area contributed by atoms with E-state index < -0.39 is 29.4 Å². The van der Waals surface area contributed by atoms with Gasteiger partial charge in [-0.15, -0.1) is 0 Å². The number of aliphatic hydroxyl groups is 1. The summed E-state index contributed by atoms with van der Waals surface area (Å²) in [5.74, 6) is -2.14. The van der Waals surface area contributed by atoms with E-state index in [0.29, 0.717) is 29.8 Å². The number of rotatable bonds is 2. The number of allylic oxidation sites excluding steroid dienone is 6. The van der Waals surface area contributed by atoms with Crippen LogP contribution in [0.5, 0.6) is 0 Å². The van der Waals surface area contributed by atoms with Crippen LogP contribution in [0.25, 0.3) is 0 Å². The lowest BCUT2D eigenvalue weighted by molar-refractivity contribution is -0.173. The number of nitrogens with one attached hydrogen (secondary N) is 1. The number of nitrogens with zero attached hydrogens (tertiary/aromatic N) is 1. The molecular weight excluding hydrogens is 391 g/mol. The number of amides is 1. The van der Waals surface area contributed by atoms with Crippen molar-refractivity contribution in [3.05, 3.63) is 57.4 Å². The van der Waals surface area contributed by atoms with Crippen molar-refractivity contribution in [2.75, 3.05) is 6.54 Å². The van der Waals surface area contributed by atoms with Gasteiger partial charge in [-0.1, -0.05) is 6.92 Å². The number of dihydropyridines is 1. The minimum atomic E-state index is -1.96. The van der Waals surface area contributed by atoms with Crippen molar-refractivity contribution >= 4 is 17.7 Å². The summed E-state index contributed by atoms with van der Waals surface area (Å²) in [5.41, 5.74) is 1.65. The molecule has 0 aromatic rings. The number of carbonyl (C=O) groups is 3. The number of cyclic esters (lactones) is 1. The molecule has 0 aromatic carbocycles. The summed E-state index contributed by atoms with van der Waals surface area (Å²) in [4.78, 5) is 39.6. The molecule has 4 heterocycles. The molecule has 0 spiro atoms. The monoisotopic (exact) mass is 412 g/mol. The van der Waals surface area contributed by atoms with Gasteiger partial charge in [-0.05, 0) is 49.5 Å². The predicted molar refractivity (Wildman–Crippen MR) is 103 cm³/mol. The molecule has 1 amide bonds. The van der Waals surface area contributed by atoms with Crippen LogP contribution in [0, 0.1) is 0 Å². The molecule has 4 aliphatic heterocycles. The molecule has 1 aliphatic carbocycles. The number of Topliss-reactive ketones (excluding diaryl/α,β-unsaturated/α-hetero) is 1. The van der Waals surface area contributed by atoms with Crippen molar-refractivity contribution in [3.63, 3.8) is 0 Å². The minimum absolute atomic E-state index is 0.0205. The van der Waals surface area contributed by atoms with Crippen molar-refractivity contribution < 1.29 is 28.6 Å². The second-order valence-electron chi connectivity index (χ2n) is 8.17. The van der Waals surface area contributed by atoms with Crippen LogP contribution < -0.4 is 5.32 Å². The van der Waals surface area contributed by atoms with Gasteiger partial charge in [-0.3, -0.25) is 9.59 Å². The molecule has 5 aliphatic rings. The average Bonchev–Trinajstić information content (AvgIpc) is 3.08. The number of carbonyl (C=O) groups excluding carboxylic acids is 3. The van der Waals surface area contributed by atoms with Gasteiger partial charge in [-0.25, -0.2) is 9.18 Å². The number of hydrogen-bond acceptors (Lipinski definition) is 6. The van der Waals surface area contributed by atoms with E-state index in [1.807, 2.05) is 0 Å². The van der Waals surface area contributed by atoms with Crippen molar-refractivity contribution in [2.24, 2.45) is 0 Å². The van der Waals surface area contributed by atoms with E-state index in [1.165, 1.54) is 11.8 Å². The van der Waals surface area contributed by atoms with E-state index in [-0.39, 0.29) is 36.4 Å². The number of esters is 1. The topological polar surface area (TPSA) is 95.9 Å². The summed E-state index contributed by atoms with van der Waals surface area (Å²) in [5, 5.41) is 14.3. The highest BCUT2D eigenvalue weighted by Gasteiger charge is 2.55. The SMILES string of the molecule is CC[C@@]1(O)C(=O)OC(C(C)=O)C2=C1CC1=C3NC4=C(C=C3CN1C2=O)C(F)=CCC4. The van der Waals surface area contributed by atoms with Gasteiger partial charge in [0.1, 0.15) is 5.83 Å². The Balaban J connectivity index is 1.64. The van der Waals surface area contributed by atoms with Crippen LogP contribution in [-0.2, 0) is 19.1 Å². The molecule has 0 saturated carbocycles. The number of ketones is 1. The van der Waals surface area contributed by atoms with E-state index in [0.717, 1.165) is 11.3 Å². The molecular formula is C22H21FN2O5. The molecule has 1 unspecified atom stereocenters. The Morgan fingerprint density at radius 2 is 2.20 bits per heavy atom. The van der Waals surface area contributed by atoms with Gasteiger partial charge in [0.15, 0.2) is 17.5 Å². The van der Waals surface area contributed by atoms with Gasteiger partial charge in [0.2, 0.25) is 0 Å². The van der Waals surface area contributed by atoms with Crippen LogP contribution >= 0.6 is 0 Å². The van der Waals surface area contributed by atoms with Crippen LogP contribution in [0.1, 0.15) is 39.5 Å². The Kier molecular flexibility index (Phi) is 3.96. The fourth-order valence-electron chi connectivity index (χ4n) is 4.86. The van der Waals surface area contributed by atoms with Crippen LogP contribution in [0.2, 0.25) is 0 Å². The molecule has 7 nitrogen and oxygen atoms in total. The number of hydrogen-bond donors (Lipinski definition) is 2. The Labute approximate surface area is 172 Å². The van der Waals surface area contributed by atoms with Gasteiger partial charge >= 0.3 is 5.97 Å². The zero-order chi connectivity index (χ0) is 21.4. The fraction of sp³-hybridized carbons (Fsp3) is 0.409. The Hall–Kier alpha value is -3.00. The highest BCUT2D eigenvalue weighted by Crippen LogP contribution is 2.47. The molecule has 0 fully saturated rings. The largest absolute Gasteiger partial charge is 0.447 e. The minimum Gasteiger partial charge on any atom is -0.447 e. The Morgan fingerprint density at radius 3 is 2.90 bits per heavy atom. The summed E-state index contributed by atoms with van der Waals surface area (Å²) in [6, 6.07) is 0. The number of halogens is 1. The highest BCUT2D eigenvalue weighted by molar-refractivity contribution is 6.08. The first-order chi connectivity index (χ1) is 14.3. The third kappa shape index (κ3) is 2.37. The van der Waals surface area contributed by atoms with E-state index in [9.17, 15) is 23.9 Å². The Bertz CT molecular complexity index is 1090. The van der Waals surface area contributed by atoms with Gasteiger partial charge in [0.05, 0.1) is 17.8 Å². The standard InChI is InChI=1S/C22H21FN2O5/c1-3-22(29)13-8-16-18-11(7-12-14(23)5-4-6-15(12)24-18)9-25(16)20(27)17(13)19(10(2)26)30-21(22)28/h5,7,19,24,29H,3-4,6,8-9H2,1-2H3/t19?,22-/m0/s1. The first-order valence-corrected chi connectivity index (χ1v) is 10.1. The first kappa shape index (κ1) is 19.0. The van der Waals surface area contributed by atoms with Crippen molar-refractivity contribution in [1.82, 2.24) is 10.2 Å². The molecule has 5 rings (SSSR count). The number of ether oxygens (including phenoxy) is 1. The smallest absolute Gasteiger partial charge is 0.343 e. The average molecular weight is 412 g/mol. The molecule has 8 heteroatoms. The van der Waals surface area contributed by atoms with Crippen LogP contribution in [0.15, 0.2) is 57.4 Å².